The van der Waals surface area contributed by atoms with E-state index in [1.807, 2.05) is 104 Å². The Morgan fingerprint density at radius 2 is 0.926 bits per heavy atom. The topological polar surface area (TPSA) is 281 Å². The maximum absolute atomic E-state index is 13.9. The number of alkyl carbamates (subject to hydrolysis) is 2. The van der Waals surface area contributed by atoms with E-state index in [4.69, 9.17) is 38.6 Å². The van der Waals surface area contributed by atoms with Gasteiger partial charge in [-0.05, 0) is 99.5 Å². The molecule has 2 aromatic carbocycles. The van der Waals surface area contributed by atoms with Crippen LogP contribution in [0.2, 0.25) is 0 Å². The Bertz CT molecular complexity index is 3170. The first-order chi connectivity index (χ1) is 37.0. The van der Waals surface area contributed by atoms with Gasteiger partial charge in [0.05, 0.1) is 52.0 Å². The zero-order valence-electron chi connectivity index (χ0n) is 48.3. The summed E-state index contributed by atoms with van der Waals surface area (Å²) in [5.41, 5.74) is 1.01. The van der Waals surface area contributed by atoms with Gasteiger partial charge in [-0.25, -0.2) is 39.1 Å². The second kappa shape index (κ2) is 26.3. The van der Waals surface area contributed by atoms with Gasteiger partial charge in [0, 0.05) is 12.8 Å². The van der Waals surface area contributed by atoms with Gasteiger partial charge in [-0.1, -0.05) is 77.9 Å². The Balaban J connectivity index is 0.000000290. The summed E-state index contributed by atoms with van der Waals surface area (Å²) in [5.74, 6) is -2.06. The maximum atomic E-state index is 13.9. The molecule has 21 nitrogen and oxygen atoms in total. The van der Waals surface area contributed by atoms with Crippen LogP contribution in [-0.2, 0) is 33.4 Å². The molecule has 24 heteroatoms. The smallest absolute Gasteiger partial charge is 0.870 e. The van der Waals surface area contributed by atoms with Crippen molar-refractivity contribution in [2.75, 3.05) is 20.2 Å². The number of carbonyl (C=O) groups is 6. The Morgan fingerprint density at radius 3 is 1.25 bits per heavy atom. The molecule has 6 aromatic rings. The van der Waals surface area contributed by atoms with Gasteiger partial charge in [-0.3, -0.25) is 9.59 Å². The number of aromatic nitrogens is 4. The first-order valence-electron chi connectivity index (χ1n) is 25.8. The van der Waals surface area contributed by atoms with Crippen molar-refractivity contribution in [3.63, 3.8) is 0 Å². The number of carbonyl (C=O) groups excluding carboxylic acids is 5. The van der Waals surface area contributed by atoms with E-state index in [1.165, 1.54) is 39.6 Å². The van der Waals surface area contributed by atoms with Crippen molar-refractivity contribution in [1.82, 2.24) is 40.4 Å². The number of esters is 1. The summed E-state index contributed by atoms with van der Waals surface area (Å²) in [5, 5.41) is 19.2. The van der Waals surface area contributed by atoms with Crippen LogP contribution in [0.3, 0.4) is 0 Å². The van der Waals surface area contributed by atoms with E-state index in [2.05, 4.69) is 15.6 Å². The number of hydrogen-bond donors (Lipinski definition) is 3. The molecular formula is C57H71LiN8O13S2. The summed E-state index contributed by atoms with van der Waals surface area (Å²) in [6.45, 7) is 21.4. The Kier molecular flexibility index (Phi) is 21.1. The average molecular weight is 1150 g/mol. The summed E-state index contributed by atoms with van der Waals surface area (Å²) in [6.07, 6.45) is -2.42. The second-order valence-electron chi connectivity index (χ2n) is 23.4. The zero-order chi connectivity index (χ0) is 57.8. The number of nitrogens with one attached hydrogen (secondary N) is 2. The van der Waals surface area contributed by atoms with Crippen LogP contribution in [0.15, 0.2) is 83.6 Å². The van der Waals surface area contributed by atoms with E-state index in [0.717, 1.165) is 15.3 Å². The molecule has 6 heterocycles. The second-order valence-corrected chi connectivity index (χ2v) is 25.3. The number of methoxy groups -OCH3 is 1. The molecule has 2 aliphatic heterocycles. The van der Waals surface area contributed by atoms with Crippen molar-refractivity contribution in [3.05, 3.63) is 83.6 Å². The van der Waals surface area contributed by atoms with Crippen molar-refractivity contribution in [3.8, 4) is 32.9 Å². The van der Waals surface area contributed by atoms with E-state index in [-0.39, 0.29) is 56.1 Å². The van der Waals surface area contributed by atoms with Crippen LogP contribution in [0.4, 0.5) is 9.59 Å². The van der Waals surface area contributed by atoms with E-state index in [0.29, 0.717) is 33.8 Å². The zero-order valence-corrected chi connectivity index (χ0v) is 49.9. The fourth-order valence-electron chi connectivity index (χ4n) is 8.92. The van der Waals surface area contributed by atoms with Crippen LogP contribution in [0, 0.1) is 10.8 Å². The third-order valence-electron chi connectivity index (χ3n) is 12.5. The Morgan fingerprint density at radius 1 is 0.568 bits per heavy atom. The number of fused-ring (bicyclic) bond motifs is 2. The normalized spacial score (nSPS) is 18.0. The minimum atomic E-state index is -1.15. The summed E-state index contributed by atoms with van der Waals surface area (Å²) in [4.78, 5) is 101. The average Bonchev–Trinajstić information content (AvgIpc) is 4.41. The molecule has 0 aliphatic carbocycles. The molecule has 4 N–H and O–H groups in total. The molecule has 81 heavy (non-hydrogen) atoms. The van der Waals surface area contributed by atoms with E-state index in [9.17, 15) is 33.9 Å². The Labute approximate surface area is 491 Å². The largest absolute Gasteiger partial charge is 1.00 e. The minimum absolute atomic E-state index is 0. The number of para-hydroxylation sites is 4. The number of thiophene rings is 2. The van der Waals surface area contributed by atoms with Crippen LogP contribution >= 0.6 is 22.7 Å². The number of ether oxygens (including phenoxy) is 5. The number of carboxylic acid groups (broad SMARTS) is 1. The number of amides is 4. The van der Waals surface area contributed by atoms with Crippen molar-refractivity contribution in [2.24, 2.45) is 10.8 Å². The van der Waals surface area contributed by atoms with Gasteiger partial charge in [0.2, 0.25) is 23.6 Å². The molecule has 8 rings (SSSR count). The number of carboxylic acids is 1. The third kappa shape index (κ3) is 16.6. The molecule has 0 bridgehead atoms. The van der Waals surface area contributed by atoms with Gasteiger partial charge in [0.1, 0.15) is 59.0 Å². The fraction of sp³-hybridized carbons (Fsp3) is 0.474. The minimum Gasteiger partial charge on any atom is -0.870 e. The van der Waals surface area contributed by atoms with Gasteiger partial charge in [-0.2, -0.15) is 0 Å². The molecule has 0 radical (unpaired) electrons. The van der Waals surface area contributed by atoms with Crippen molar-refractivity contribution < 1.29 is 81.9 Å². The fourth-order valence-corrected chi connectivity index (χ4v) is 10.3. The molecule has 2 saturated heterocycles. The SMILES string of the molecule is CC(C)(C)OC(=O)N[C@H](C(=O)N1C[C@H](Oc2nc3ccccc3nc2-c2cccs2)C[C@H]1C(=O)O)C(C)(C)C.COC(=O)[C@@H]1C[C@@H](Oc2nc3ccccc3nc2-c2cccs2)CN1C(=O)[C@@H](NC(=O)OC(C)(C)C)C(C)(C)C.[Li+].[OH-]. The van der Waals surface area contributed by atoms with Crippen molar-refractivity contribution >= 4 is 80.7 Å². The first kappa shape index (κ1) is 64.9. The van der Waals surface area contributed by atoms with Gasteiger partial charge >= 0.3 is 43.0 Å². The van der Waals surface area contributed by atoms with Gasteiger partial charge < -0.3 is 54.7 Å². The standard InChI is InChI=1S/C29H36N4O6S.C28H34N4O6S.Li.H2O/c1-28(2,3)23(32-27(36)39-29(4,5)6)25(34)33-16-17(15-20(33)26(35)37-7)38-24-22(21-13-10-14-40-21)30-18-11-8-9-12-19(18)31-24;1-27(2,3)22(31-26(36)38-28(4,5)6)24(33)32-15-16(14-19(32)25(34)35)37-23-21(20-12-9-13-39-20)29-17-10-7-8-11-18(17)30-23;;/h8-14,17,20,23H,15-16H2,1-7H3,(H,32,36);7-13,16,19,22H,14-15H2,1-6H3,(H,31,36)(H,34,35);;1H2/q;;+1;/p-1/t17-,20+,23-;16-,19+,22-;;/m11../s1. The maximum Gasteiger partial charge on any atom is 1.00 e. The number of hydrogen-bond acceptors (Lipinski definition) is 18. The van der Waals surface area contributed by atoms with E-state index in [1.54, 1.807) is 62.3 Å². The number of rotatable bonds is 12. The number of aliphatic carboxylic acids is 1. The van der Waals surface area contributed by atoms with Gasteiger partial charge in [0.15, 0.2) is 0 Å². The van der Waals surface area contributed by atoms with Crippen LogP contribution in [0.5, 0.6) is 11.8 Å². The molecule has 4 aromatic heterocycles. The van der Waals surface area contributed by atoms with Crippen molar-refractivity contribution in [1.29, 1.82) is 0 Å². The first-order valence-corrected chi connectivity index (χ1v) is 27.6. The summed E-state index contributed by atoms with van der Waals surface area (Å²) >= 11 is 3.00. The number of nitrogens with zero attached hydrogens (tertiary/aromatic N) is 6. The van der Waals surface area contributed by atoms with Crippen LogP contribution in [0.25, 0.3) is 43.2 Å². The molecule has 2 aliphatic rings. The molecule has 4 amide bonds. The number of benzene rings is 2. The quantitative estimate of drug-likeness (QED) is 0.0681. The molecule has 6 atom stereocenters. The van der Waals surface area contributed by atoms with E-state index < -0.39 is 94.3 Å². The number of likely N-dealkylation sites (tertiary alicyclic amines) is 2. The molecule has 430 valence electrons. The molecule has 0 spiro atoms. The van der Waals surface area contributed by atoms with Crippen molar-refractivity contribution in [2.45, 2.75) is 144 Å². The molecule has 2 fully saturated rings. The molecular weight excluding hydrogens is 1080 g/mol. The van der Waals surface area contributed by atoms with Crippen LogP contribution in [-0.4, -0.2) is 144 Å². The third-order valence-corrected chi connectivity index (χ3v) is 14.3. The van der Waals surface area contributed by atoms with Gasteiger partial charge in [-0.15, -0.1) is 22.7 Å². The van der Waals surface area contributed by atoms with Crippen LogP contribution < -0.4 is 39.0 Å². The molecule has 0 unspecified atom stereocenters. The summed E-state index contributed by atoms with van der Waals surface area (Å²) in [7, 11) is 1.28. The molecule has 0 saturated carbocycles. The van der Waals surface area contributed by atoms with E-state index >= 15 is 0 Å². The summed E-state index contributed by atoms with van der Waals surface area (Å²) < 4.78 is 28.5. The Hall–Kier alpha value is -6.90. The predicted octanol–water partition coefficient (Wildman–Crippen LogP) is 6.38. The monoisotopic (exact) mass is 1150 g/mol. The van der Waals surface area contributed by atoms with Gasteiger partial charge in [0.25, 0.3) is 0 Å². The predicted molar refractivity (Wildman–Crippen MR) is 302 cm³/mol. The van der Waals surface area contributed by atoms with Crippen LogP contribution in [0.1, 0.15) is 95.9 Å². The summed E-state index contributed by atoms with van der Waals surface area (Å²) in [6, 6.07) is 18.6.